The maximum Gasteiger partial charge on any atom is 0.303 e. The Morgan fingerprint density at radius 3 is 2.74 bits per heavy atom. The van der Waals surface area contributed by atoms with Crippen LogP contribution in [0.15, 0.2) is 24.3 Å². The third-order valence-corrected chi connectivity index (χ3v) is 4.22. The Kier molecular flexibility index (Phi) is 8.81. The highest BCUT2D eigenvalue weighted by molar-refractivity contribution is 5.84. The minimum atomic E-state index is -0.828. The minimum Gasteiger partial charge on any atom is -0.481 e. The third kappa shape index (κ3) is 7.10. The van der Waals surface area contributed by atoms with Crippen LogP contribution in [0, 0.1) is 11.8 Å². The zero-order valence-corrected chi connectivity index (χ0v) is 13.7. The lowest BCUT2D eigenvalue weighted by atomic mass is 9.90. The maximum absolute atomic E-state index is 12.0. The number of Topliss-reactive ketones (excluding diaryl/α,β-unsaturated/α-hetero) is 1. The Balaban J connectivity index is 2.48. The molecule has 0 heterocycles. The van der Waals surface area contributed by atoms with Gasteiger partial charge >= 0.3 is 5.97 Å². The minimum absolute atomic E-state index is 0.0730. The molecule has 130 valence electrons. The van der Waals surface area contributed by atoms with Gasteiger partial charge in [0.1, 0.15) is 5.78 Å². The zero-order valence-electron chi connectivity index (χ0n) is 13.7. The molecule has 0 aromatic heterocycles. The van der Waals surface area contributed by atoms with E-state index in [1.807, 2.05) is 19.1 Å². The summed E-state index contributed by atoms with van der Waals surface area (Å²) in [5.74, 6) is -1.23. The third-order valence-electron chi connectivity index (χ3n) is 4.22. The summed E-state index contributed by atoms with van der Waals surface area (Å²) in [6.07, 6.45) is 9.49. The standard InChI is InChI=1S/C18H28O5/c1-2-3-4-8-14-15(17(21)12-16(14)20)11-10-13(19)7-5-6-9-18(22)23/h3-4,10-11,13-15,17,19,21H,2,5-9,12H2,1H3,(H,22,23)/b4-3-,11-10+/t13-,14+,15-,17+/m0/s1. The second kappa shape index (κ2) is 10.3. The molecule has 1 saturated carbocycles. The van der Waals surface area contributed by atoms with Gasteiger partial charge in [0.25, 0.3) is 0 Å². The Labute approximate surface area is 137 Å². The lowest BCUT2D eigenvalue weighted by molar-refractivity contribution is -0.137. The number of carbonyl (C=O) groups is 2. The Bertz CT molecular complexity index is 441. The number of hydrogen-bond acceptors (Lipinski definition) is 4. The van der Waals surface area contributed by atoms with Crippen LogP contribution in [0.4, 0.5) is 0 Å². The molecule has 0 amide bonds. The Morgan fingerprint density at radius 2 is 2.09 bits per heavy atom. The molecule has 0 saturated heterocycles. The van der Waals surface area contributed by atoms with Crippen LogP contribution in [0.1, 0.15) is 51.9 Å². The highest BCUT2D eigenvalue weighted by Crippen LogP contribution is 2.33. The first-order chi connectivity index (χ1) is 11.0. The second-order valence-corrected chi connectivity index (χ2v) is 6.13. The summed E-state index contributed by atoms with van der Waals surface area (Å²) in [5, 5.41) is 28.5. The Morgan fingerprint density at radius 1 is 1.35 bits per heavy atom. The van der Waals surface area contributed by atoms with Gasteiger partial charge in [0.15, 0.2) is 0 Å². The van der Waals surface area contributed by atoms with Crippen molar-refractivity contribution in [1.29, 1.82) is 0 Å². The molecule has 0 spiro atoms. The van der Waals surface area contributed by atoms with Crippen molar-refractivity contribution in [3.8, 4) is 0 Å². The predicted octanol–water partition coefficient (Wildman–Crippen LogP) is 2.47. The second-order valence-electron chi connectivity index (χ2n) is 6.13. The van der Waals surface area contributed by atoms with Crippen molar-refractivity contribution < 1.29 is 24.9 Å². The molecule has 4 atom stereocenters. The molecule has 0 unspecified atom stereocenters. The molecule has 0 aromatic carbocycles. The van der Waals surface area contributed by atoms with E-state index in [9.17, 15) is 19.8 Å². The molecular formula is C18H28O5. The zero-order chi connectivity index (χ0) is 17.2. The number of unbranched alkanes of at least 4 members (excludes halogenated alkanes) is 1. The van der Waals surface area contributed by atoms with Crippen molar-refractivity contribution in [2.24, 2.45) is 11.8 Å². The van der Waals surface area contributed by atoms with E-state index >= 15 is 0 Å². The monoisotopic (exact) mass is 324 g/mol. The molecule has 0 bridgehead atoms. The molecule has 1 rings (SSSR count). The van der Waals surface area contributed by atoms with Crippen LogP contribution >= 0.6 is 0 Å². The largest absolute Gasteiger partial charge is 0.481 e. The van der Waals surface area contributed by atoms with Crippen molar-refractivity contribution in [1.82, 2.24) is 0 Å². The molecular weight excluding hydrogens is 296 g/mol. The number of aliphatic hydroxyl groups is 2. The van der Waals surface area contributed by atoms with Crippen LogP contribution < -0.4 is 0 Å². The average Bonchev–Trinajstić information content (AvgIpc) is 2.75. The van der Waals surface area contributed by atoms with E-state index in [0.29, 0.717) is 25.7 Å². The SMILES string of the molecule is CC/C=C\C[C@H]1C(=O)C[C@@H](O)[C@H]1/C=C/[C@@H](O)CCCCC(=O)O. The van der Waals surface area contributed by atoms with Crippen LogP contribution in [0.2, 0.25) is 0 Å². The number of hydrogen-bond donors (Lipinski definition) is 3. The molecule has 1 aliphatic carbocycles. The highest BCUT2D eigenvalue weighted by atomic mass is 16.4. The molecule has 5 nitrogen and oxygen atoms in total. The number of carboxylic acid groups (broad SMARTS) is 1. The summed E-state index contributed by atoms with van der Waals surface area (Å²) < 4.78 is 0. The molecule has 1 fully saturated rings. The predicted molar refractivity (Wildman–Crippen MR) is 87.9 cm³/mol. The summed E-state index contributed by atoms with van der Waals surface area (Å²) in [5.41, 5.74) is 0. The summed E-state index contributed by atoms with van der Waals surface area (Å²) in [6, 6.07) is 0. The van der Waals surface area contributed by atoms with Gasteiger partial charge in [0.05, 0.1) is 12.2 Å². The number of ketones is 1. The van der Waals surface area contributed by atoms with E-state index in [-0.39, 0.29) is 30.5 Å². The van der Waals surface area contributed by atoms with Crippen LogP contribution in [0.3, 0.4) is 0 Å². The molecule has 0 radical (unpaired) electrons. The van der Waals surface area contributed by atoms with E-state index in [1.54, 1.807) is 12.2 Å². The summed E-state index contributed by atoms with van der Waals surface area (Å²) in [6.45, 7) is 2.03. The number of aliphatic carboxylic acids is 1. The van der Waals surface area contributed by atoms with E-state index < -0.39 is 18.2 Å². The van der Waals surface area contributed by atoms with Gasteiger partial charge in [-0.05, 0) is 32.1 Å². The molecule has 3 N–H and O–H groups in total. The molecule has 5 heteroatoms. The topological polar surface area (TPSA) is 94.8 Å². The summed E-state index contributed by atoms with van der Waals surface area (Å²) in [4.78, 5) is 22.4. The number of carboxylic acids is 1. The van der Waals surface area contributed by atoms with Gasteiger partial charge in [-0.1, -0.05) is 31.2 Å². The van der Waals surface area contributed by atoms with Gasteiger partial charge < -0.3 is 15.3 Å². The first-order valence-corrected chi connectivity index (χ1v) is 8.39. The van der Waals surface area contributed by atoms with E-state index in [1.165, 1.54) is 0 Å². The molecule has 1 aliphatic rings. The van der Waals surface area contributed by atoms with Gasteiger partial charge in [-0.25, -0.2) is 0 Å². The van der Waals surface area contributed by atoms with E-state index in [2.05, 4.69) is 0 Å². The first kappa shape index (κ1) is 19.6. The van der Waals surface area contributed by atoms with Crippen LogP contribution in [-0.4, -0.2) is 39.3 Å². The van der Waals surface area contributed by atoms with Gasteiger partial charge in [0.2, 0.25) is 0 Å². The van der Waals surface area contributed by atoms with Crippen molar-refractivity contribution in [3.05, 3.63) is 24.3 Å². The van der Waals surface area contributed by atoms with Gasteiger partial charge in [-0.15, -0.1) is 0 Å². The fourth-order valence-corrected chi connectivity index (χ4v) is 2.92. The highest BCUT2D eigenvalue weighted by Gasteiger charge is 2.39. The van der Waals surface area contributed by atoms with Crippen LogP contribution in [0.5, 0.6) is 0 Å². The fourth-order valence-electron chi connectivity index (χ4n) is 2.92. The lowest BCUT2D eigenvalue weighted by Gasteiger charge is -2.16. The summed E-state index contributed by atoms with van der Waals surface area (Å²) in [7, 11) is 0. The molecule has 0 aromatic rings. The number of aliphatic hydroxyl groups excluding tert-OH is 2. The van der Waals surface area contributed by atoms with Crippen LogP contribution in [-0.2, 0) is 9.59 Å². The number of rotatable bonds is 10. The first-order valence-electron chi connectivity index (χ1n) is 8.39. The quantitative estimate of drug-likeness (QED) is 0.424. The van der Waals surface area contributed by atoms with Crippen molar-refractivity contribution >= 4 is 11.8 Å². The van der Waals surface area contributed by atoms with Crippen LogP contribution in [0.25, 0.3) is 0 Å². The van der Waals surface area contributed by atoms with Crippen molar-refractivity contribution in [2.75, 3.05) is 0 Å². The van der Waals surface area contributed by atoms with Gasteiger partial charge in [-0.2, -0.15) is 0 Å². The van der Waals surface area contributed by atoms with Gasteiger partial charge in [-0.3, -0.25) is 9.59 Å². The molecule has 23 heavy (non-hydrogen) atoms. The van der Waals surface area contributed by atoms with Crippen molar-refractivity contribution in [3.63, 3.8) is 0 Å². The molecule has 0 aliphatic heterocycles. The van der Waals surface area contributed by atoms with E-state index in [0.717, 1.165) is 6.42 Å². The summed E-state index contributed by atoms with van der Waals surface area (Å²) >= 11 is 0. The normalized spacial score (nSPS) is 26.4. The van der Waals surface area contributed by atoms with E-state index in [4.69, 9.17) is 5.11 Å². The van der Waals surface area contributed by atoms with Crippen molar-refractivity contribution in [2.45, 2.75) is 64.1 Å². The number of allylic oxidation sites excluding steroid dienone is 2. The fraction of sp³-hybridized carbons (Fsp3) is 0.667. The van der Waals surface area contributed by atoms with Gasteiger partial charge in [0, 0.05) is 24.7 Å². The Hall–Kier alpha value is -1.46. The lowest BCUT2D eigenvalue weighted by Crippen LogP contribution is -2.18. The maximum atomic E-state index is 12.0. The average molecular weight is 324 g/mol. The number of carbonyl (C=O) groups excluding carboxylic acids is 1. The smallest absolute Gasteiger partial charge is 0.303 e.